The highest BCUT2D eigenvalue weighted by Gasteiger charge is 2.15. The van der Waals surface area contributed by atoms with Gasteiger partial charge in [-0.3, -0.25) is 9.36 Å². The molecule has 128 valence electrons. The number of para-hydroxylation sites is 1. The number of aromatic nitrogens is 3. The number of carbonyl (C=O) groups is 1. The maximum absolute atomic E-state index is 11.1. The van der Waals surface area contributed by atoms with Crippen LogP contribution < -0.4 is 11.1 Å². The predicted octanol–water partition coefficient (Wildman–Crippen LogP) is 3.11. The molecule has 8 heteroatoms. The molecule has 3 aromatic rings. The van der Waals surface area contributed by atoms with Crippen LogP contribution in [0.3, 0.4) is 0 Å². The lowest BCUT2D eigenvalue weighted by molar-refractivity contribution is -0.115. The Morgan fingerprint density at radius 1 is 1.12 bits per heavy atom. The molecule has 1 heterocycles. The molecular weight excluding hydrogens is 358 g/mol. The fraction of sp³-hybridized carbons (Fsp3) is 0.118. The molecule has 0 fully saturated rings. The summed E-state index contributed by atoms with van der Waals surface area (Å²) in [6, 6.07) is 17.2. The standard InChI is InChI=1S/C17H16ClN5OS/c18-12-6-8-13(9-7-12)20-10-16-21-22-17(25-11-15(19)24)23(16)14-4-2-1-3-5-14/h1-9,20H,10-11H2,(H2,19,24). The van der Waals surface area contributed by atoms with E-state index in [0.29, 0.717) is 16.7 Å². The summed E-state index contributed by atoms with van der Waals surface area (Å²) in [6.45, 7) is 0.473. The number of benzene rings is 2. The summed E-state index contributed by atoms with van der Waals surface area (Å²) < 4.78 is 1.91. The van der Waals surface area contributed by atoms with Crippen LogP contribution >= 0.6 is 23.4 Å². The van der Waals surface area contributed by atoms with E-state index >= 15 is 0 Å². The van der Waals surface area contributed by atoms with Crippen LogP contribution in [0.15, 0.2) is 59.8 Å². The van der Waals surface area contributed by atoms with Gasteiger partial charge in [0.05, 0.1) is 12.3 Å². The number of hydrogen-bond donors (Lipinski definition) is 2. The van der Waals surface area contributed by atoms with Crippen molar-refractivity contribution in [3.8, 4) is 5.69 Å². The summed E-state index contributed by atoms with van der Waals surface area (Å²) in [5.41, 5.74) is 7.09. The molecule has 3 N–H and O–H groups in total. The summed E-state index contributed by atoms with van der Waals surface area (Å²) >= 11 is 7.17. The Balaban J connectivity index is 1.85. The molecule has 0 aliphatic heterocycles. The minimum absolute atomic E-state index is 0.148. The summed E-state index contributed by atoms with van der Waals surface area (Å²) in [5, 5.41) is 13.1. The molecule has 3 rings (SSSR count). The highest BCUT2D eigenvalue weighted by atomic mass is 35.5. The SMILES string of the molecule is NC(=O)CSc1nnc(CNc2ccc(Cl)cc2)n1-c1ccccc1. The number of nitrogens with one attached hydrogen (secondary N) is 1. The number of primary amides is 1. The second-order valence-corrected chi connectivity index (χ2v) is 6.56. The average Bonchev–Trinajstić information content (AvgIpc) is 3.03. The minimum atomic E-state index is -0.395. The maximum atomic E-state index is 11.1. The van der Waals surface area contributed by atoms with Crippen LogP contribution in [0.5, 0.6) is 0 Å². The van der Waals surface area contributed by atoms with Crippen molar-refractivity contribution in [2.45, 2.75) is 11.7 Å². The number of nitrogens with zero attached hydrogens (tertiary/aromatic N) is 3. The van der Waals surface area contributed by atoms with E-state index in [1.54, 1.807) is 0 Å². The zero-order valence-electron chi connectivity index (χ0n) is 13.2. The third kappa shape index (κ3) is 4.52. The Hall–Kier alpha value is -2.51. The maximum Gasteiger partial charge on any atom is 0.227 e. The molecule has 1 aromatic heterocycles. The molecule has 0 saturated heterocycles. The molecule has 0 radical (unpaired) electrons. The van der Waals surface area contributed by atoms with Crippen LogP contribution in [0.25, 0.3) is 5.69 Å². The van der Waals surface area contributed by atoms with Crippen molar-refractivity contribution in [2.75, 3.05) is 11.1 Å². The first-order valence-corrected chi connectivity index (χ1v) is 8.90. The summed E-state index contributed by atoms with van der Waals surface area (Å²) in [4.78, 5) is 11.1. The Morgan fingerprint density at radius 2 is 1.84 bits per heavy atom. The Labute approximate surface area is 154 Å². The Kier molecular flexibility index (Phi) is 5.57. The number of thioether (sulfide) groups is 1. The lowest BCUT2D eigenvalue weighted by Gasteiger charge is -2.11. The molecule has 0 atom stereocenters. The first kappa shape index (κ1) is 17.3. The number of halogens is 1. The molecule has 1 amide bonds. The zero-order chi connectivity index (χ0) is 17.6. The highest BCUT2D eigenvalue weighted by molar-refractivity contribution is 7.99. The van der Waals surface area contributed by atoms with Crippen molar-refractivity contribution < 1.29 is 4.79 Å². The minimum Gasteiger partial charge on any atom is -0.378 e. The van der Waals surface area contributed by atoms with E-state index in [1.807, 2.05) is 59.2 Å². The van der Waals surface area contributed by atoms with Gasteiger partial charge in [0, 0.05) is 16.4 Å². The van der Waals surface area contributed by atoms with Crippen LogP contribution in [0, 0.1) is 0 Å². The van der Waals surface area contributed by atoms with Gasteiger partial charge in [-0.05, 0) is 36.4 Å². The van der Waals surface area contributed by atoms with Gasteiger partial charge in [-0.1, -0.05) is 41.6 Å². The fourth-order valence-corrected chi connectivity index (χ4v) is 3.07. The van der Waals surface area contributed by atoms with Gasteiger partial charge >= 0.3 is 0 Å². The van der Waals surface area contributed by atoms with E-state index in [9.17, 15) is 4.79 Å². The number of carbonyl (C=O) groups excluding carboxylic acids is 1. The van der Waals surface area contributed by atoms with Gasteiger partial charge in [0.1, 0.15) is 0 Å². The van der Waals surface area contributed by atoms with Crippen LogP contribution in [-0.2, 0) is 11.3 Å². The predicted molar refractivity (Wildman–Crippen MR) is 100 cm³/mol. The number of amides is 1. The van der Waals surface area contributed by atoms with Gasteiger partial charge in [-0.25, -0.2) is 0 Å². The van der Waals surface area contributed by atoms with Crippen molar-refractivity contribution in [2.24, 2.45) is 5.73 Å². The van der Waals surface area contributed by atoms with Gasteiger partial charge in [0.25, 0.3) is 0 Å². The molecule has 0 bridgehead atoms. The second-order valence-electron chi connectivity index (χ2n) is 5.19. The quantitative estimate of drug-likeness (QED) is 0.621. The summed E-state index contributed by atoms with van der Waals surface area (Å²) in [7, 11) is 0. The third-order valence-electron chi connectivity index (χ3n) is 3.35. The summed E-state index contributed by atoms with van der Waals surface area (Å²) in [5.74, 6) is 0.483. The van der Waals surface area contributed by atoms with Crippen molar-refractivity contribution >= 4 is 35.0 Å². The highest BCUT2D eigenvalue weighted by Crippen LogP contribution is 2.22. The molecule has 2 aromatic carbocycles. The monoisotopic (exact) mass is 373 g/mol. The van der Waals surface area contributed by atoms with Gasteiger partial charge < -0.3 is 11.1 Å². The normalized spacial score (nSPS) is 10.6. The molecule has 25 heavy (non-hydrogen) atoms. The van der Waals surface area contributed by atoms with Gasteiger partial charge in [0.15, 0.2) is 11.0 Å². The second kappa shape index (κ2) is 8.04. The molecule has 0 unspecified atom stereocenters. The lowest BCUT2D eigenvalue weighted by Crippen LogP contribution is -2.14. The summed E-state index contributed by atoms with van der Waals surface area (Å²) in [6.07, 6.45) is 0. The van der Waals surface area contributed by atoms with E-state index < -0.39 is 5.91 Å². The molecular formula is C17H16ClN5OS. The molecule has 0 saturated carbocycles. The largest absolute Gasteiger partial charge is 0.378 e. The van der Waals surface area contributed by atoms with Crippen LogP contribution in [0.2, 0.25) is 5.02 Å². The van der Waals surface area contributed by atoms with Crippen LogP contribution in [-0.4, -0.2) is 26.4 Å². The lowest BCUT2D eigenvalue weighted by atomic mass is 10.3. The molecule has 0 spiro atoms. The Bertz CT molecular complexity index is 851. The Morgan fingerprint density at radius 3 is 2.52 bits per heavy atom. The number of rotatable bonds is 7. The van der Waals surface area contributed by atoms with Crippen LogP contribution in [0.1, 0.15) is 5.82 Å². The fourth-order valence-electron chi connectivity index (χ4n) is 2.23. The number of hydrogen-bond acceptors (Lipinski definition) is 5. The number of anilines is 1. The van der Waals surface area contributed by atoms with E-state index in [1.165, 1.54) is 11.8 Å². The average molecular weight is 374 g/mol. The van der Waals surface area contributed by atoms with Gasteiger partial charge in [-0.15, -0.1) is 10.2 Å². The van der Waals surface area contributed by atoms with Crippen LogP contribution in [0.4, 0.5) is 5.69 Å². The molecule has 6 nitrogen and oxygen atoms in total. The van der Waals surface area contributed by atoms with E-state index in [4.69, 9.17) is 17.3 Å². The van der Waals surface area contributed by atoms with Crippen molar-refractivity contribution in [1.82, 2.24) is 14.8 Å². The zero-order valence-corrected chi connectivity index (χ0v) is 14.8. The smallest absolute Gasteiger partial charge is 0.227 e. The topological polar surface area (TPSA) is 85.8 Å². The van der Waals surface area contributed by atoms with Crippen molar-refractivity contribution in [3.05, 3.63) is 65.4 Å². The molecule has 0 aliphatic carbocycles. The van der Waals surface area contributed by atoms with Gasteiger partial charge in [0.2, 0.25) is 5.91 Å². The third-order valence-corrected chi connectivity index (χ3v) is 4.56. The first-order valence-electron chi connectivity index (χ1n) is 7.54. The van der Waals surface area contributed by atoms with Gasteiger partial charge in [-0.2, -0.15) is 0 Å². The number of nitrogens with two attached hydrogens (primary N) is 1. The van der Waals surface area contributed by atoms with E-state index in [0.717, 1.165) is 17.2 Å². The van der Waals surface area contributed by atoms with E-state index in [-0.39, 0.29) is 5.75 Å². The van der Waals surface area contributed by atoms with Crippen molar-refractivity contribution in [3.63, 3.8) is 0 Å². The van der Waals surface area contributed by atoms with E-state index in [2.05, 4.69) is 15.5 Å². The molecule has 0 aliphatic rings. The van der Waals surface area contributed by atoms with Crippen molar-refractivity contribution in [1.29, 1.82) is 0 Å². The first-order chi connectivity index (χ1) is 12.1.